The Morgan fingerprint density at radius 2 is 2.00 bits per heavy atom. The molecule has 0 aliphatic carbocycles. The van der Waals surface area contributed by atoms with E-state index in [0.29, 0.717) is 18.4 Å². The molecule has 2 aromatic heterocycles. The van der Waals surface area contributed by atoms with Crippen LogP contribution in [0.3, 0.4) is 0 Å². The molecule has 1 saturated heterocycles. The molecule has 0 radical (unpaired) electrons. The van der Waals surface area contributed by atoms with Crippen LogP contribution in [-0.2, 0) is 13.1 Å². The number of hydrogen-bond donors (Lipinski definition) is 1. The summed E-state index contributed by atoms with van der Waals surface area (Å²) in [5.41, 5.74) is 4.39. The predicted molar refractivity (Wildman–Crippen MR) is 108 cm³/mol. The van der Waals surface area contributed by atoms with Gasteiger partial charge >= 0.3 is 0 Å². The zero-order valence-electron chi connectivity index (χ0n) is 16.6. The smallest absolute Gasteiger partial charge is 0.226 e. The van der Waals surface area contributed by atoms with E-state index in [1.165, 1.54) is 5.56 Å². The van der Waals surface area contributed by atoms with E-state index in [0.717, 1.165) is 55.2 Å². The molecule has 1 N–H and O–H groups in total. The molecule has 6 heteroatoms. The van der Waals surface area contributed by atoms with Gasteiger partial charge in [0.2, 0.25) is 5.89 Å². The van der Waals surface area contributed by atoms with Gasteiger partial charge in [-0.2, -0.15) is 5.10 Å². The molecule has 1 aliphatic rings. The van der Waals surface area contributed by atoms with Gasteiger partial charge in [-0.15, -0.1) is 0 Å². The summed E-state index contributed by atoms with van der Waals surface area (Å²) in [5, 5.41) is 13.7. The maximum atomic E-state index is 9.08. The van der Waals surface area contributed by atoms with Gasteiger partial charge in [-0.1, -0.05) is 17.7 Å². The molecule has 3 aromatic rings. The maximum Gasteiger partial charge on any atom is 0.226 e. The number of hydrogen-bond acceptors (Lipinski definition) is 5. The maximum absolute atomic E-state index is 9.08. The molecule has 1 fully saturated rings. The van der Waals surface area contributed by atoms with Crippen molar-refractivity contribution in [2.45, 2.75) is 45.7 Å². The summed E-state index contributed by atoms with van der Waals surface area (Å²) in [6.07, 6.45) is 4.26. The SMILES string of the molecule is Cc1ccc(-c2nc(CN3CCC[C@@H](c4ccn(CCO)n4)C3)c(C)o2)cc1. The molecule has 6 nitrogen and oxygen atoms in total. The van der Waals surface area contributed by atoms with Gasteiger partial charge in [-0.3, -0.25) is 9.58 Å². The third-order valence-electron chi connectivity index (χ3n) is 5.48. The summed E-state index contributed by atoms with van der Waals surface area (Å²) in [5.74, 6) is 2.02. The average molecular weight is 380 g/mol. The van der Waals surface area contributed by atoms with Crippen molar-refractivity contribution >= 4 is 0 Å². The van der Waals surface area contributed by atoms with Crippen LogP contribution in [0.2, 0.25) is 0 Å². The van der Waals surface area contributed by atoms with E-state index >= 15 is 0 Å². The quantitative estimate of drug-likeness (QED) is 0.709. The summed E-state index contributed by atoms with van der Waals surface area (Å²) in [6.45, 7) is 7.59. The van der Waals surface area contributed by atoms with Crippen LogP contribution >= 0.6 is 0 Å². The van der Waals surface area contributed by atoms with Crippen LogP contribution in [0.1, 0.15) is 41.5 Å². The van der Waals surface area contributed by atoms with Crippen LogP contribution in [0, 0.1) is 13.8 Å². The first-order chi connectivity index (χ1) is 13.6. The van der Waals surface area contributed by atoms with Crippen molar-refractivity contribution in [2.24, 2.45) is 0 Å². The minimum Gasteiger partial charge on any atom is -0.441 e. The second-order valence-corrected chi connectivity index (χ2v) is 7.69. The van der Waals surface area contributed by atoms with Crippen molar-refractivity contribution in [3.8, 4) is 11.5 Å². The van der Waals surface area contributed by atoms with Crippen molar-refractivity contribution in [3.05, 3.63) is 59.2 Å². The van der Waals surface area contributed by atoms with Gasteiger partial charge < -0.3 is 9.52 Å². The van der Waals surface area contributed by atoms with E-state index in [9.17, 15) is 0 Å². The molecule has 0 spiro atoms. The first kappa shape index (κ1) is 18.9. The normalized spacial score (nSPS) is 17.9. The van der Waals surface area contributed by atoms with Crippen molar-refractivity contribution in [2.75, 3.05) is 19.7 Å². The molecular formula is C22H28N4O2. The van der Waals surface area contributed by atoms with Crippen molar-refractivity contribution in [3.63, 3.8) is 0 Å². The number of aliphatic hydroxyl groups is 1. The first-order valence-electron chi connectivity index (χ1n) is 10.0. The van der Waals surface area contributed by atoms with Crippen LogP contribution in [-0.4, -0.2) is 44.5 Å². The largest absolute Gasteiger partial charge is 0.441 e. The molecule has 3 heterocycles. The van der Waals surface area contributed by atoms with Gasteiger partial charge in [-0.25, -0.2) is 4.98 Å². The summed E-state index contributed by atoms with van der Waals surface area (Å²) < 4.78 is 7.77. The minimum atomic E-state index is 0.118. The molecule has 0 saturated carbocycles. The minimum absolute atomic E-state index is 0.118. The number of aryl methyl sites for hydroxylation is 2. The van der Waals surface area contributed by atoms with E-state index in [4.69, 9.17) is 14.5 Å². The Kier molecular flexibility index (Phi) is 5.59. The Bertz CT molecular complexity index is 913. The number of benzene rings is 1. The predicted octanol–water partition coefficient (Wildman–Crippen LogP) is 3.53. The molecule has 148 valence electrons. The topological polar surface area (TPSA) is 67.3 Å². The molecule has 0 amide bonds. The zero-order chi connectivity index (χ0) is 19.5. The monoisotopic (exact) mass is 380 g/mol. The Morgan fingerprint density at radius 3 is 2.79 bits per heavy atom. The number of oxazole rings is 1. The van der Waals surface area contributed by atoms with Crippen molar-refractivity contribution in [1.82, 2.24) is 19.7 Å². The Labute approximate surface area is 165 Å². The highest BCUT2D eigenvalue weighted by atomic mass is 16.4. The molecular weight excluding hydrogens is 352 g/mol. The van der Waals surface area contributed by atoms with Gasteiger partial charge in [0.25, 0.3) is 0 Å². The number of piperidine rings is 1. The van der Waals surface area contributed by atoms with Gasteiger partial charge in [0.05, 0.1) is 24.5 Å². The third-order valence-corrected chi connectivity index (χ3v) is 5.48. The zero-order valence-corrected chi connectivity index (χ0v) is 16.6. The standard InChI is InChI=1S/C22H28N4O2/c1-16-5-7-18(8-6-16)22-23-21(17(2)28-22)15-25-10-3-4-19(14-25)20-9-11-26(24-20)12-13-27/h5-9,11,19,27H,3-4,10,12-15H2,1-2H3/t19-/m1/s1. The molecule has 0 bridgehead atoms. The van der Waals surface area contributed by atoms with Crippen LogP contribution < -0.4 is 0 Å². The average Bonchev–Trinajstić information content (AvgIpc) is 3.30. The highest BCUT2D eigenvalue weighted by Crippen LogP contribution is 2.28. The van der Waals surface area contributed by atoms with Crippen molar-refractivity contribution in [1.29, 1.82) is 0 Å². The fourth-order valence-electron chi connectivity index (χ4n) is 3.87. The lowest BCUT2D eigenvalue weighted by Gasteiger charge is -2.31. The van der Waals surface area contributed by atoms with E-state index < -0.39 is 0 Å². The van der Waals surface area contributed by atoms with Gasteiger partial charge in [0.1, 0.15) is 5.76 Å². The summed E-state index contributed by atoms with van der Waals surface area (Å²) in [4.78, 5) is 7.22. The van der Waals surface area contributed by atoms with E-state index in [1.54, 1.807) is 0 Å². The van der Waals surface area contributed by atoms with E-state index in [2.05, 4.69) is 47.3 Å². The summed E-state index contributed by atoms with van der Waals surface area (Å²) >= 11 is 0. The molecule has 1 atom stereocenters. The lowest BCUT2D eigenvalue weighted by atomic mass is 9.95. The summed E-state index contributed by atoms with van der Waals surface area (Å²) in [7, 11) is 0. The number of aliphatic hydroxyl groups excluding tert-OH is 1. The molecule has 1 aromatic carbocycles. The Morgan fingerprint density at radius 1 is 1.18 bits per heavy atom. The fourth-order valence-corrected chi connectivity index (χ4v) is 3.87. The lowest BCUT2D eigenvalue weighted by Crippen LogP contribution is -2.34. The van der Waals surface area contributed by atoms with E-state index in [-0.39, 0.29) is 6.61 Å². The van der Waals surface area contributed by atoms with Crippen LogP contribution in [0.4, 0.5) is 0 Å². The van der Waals surface area contributed by atoms with Crippen LogP contribution in [0.25, 0.3) is 11.5 Å². The first-order valence-corrected chi connectivity index (χ1v) is 10.0. The number of nitrogens with zero attached hydrogens (tertiary/aromatic N) is 4. The lowest BCUT2D eigenvalue weighted by molar-refractivity contribution is 0.195. The highest BCUT2D eigenvalue weighted by molar-refractivity contribution is 5.54. The summed E-state index contributed by atoms with van der Waals surface area (Å²) in [6, 6.07) is 10.4. The number of rotatable bonds is 6. The fraction of sp³-hybridized carbons (Fsp3) is 0.455. The number of likely N-dealkylation sites (tertiary alicyclic amines) is 1. The van der Waals surface area contributed by atoms with Crippen LogP contribution in [0.5, 0.6) is 0 Å². The Balaban J connectivity index is 1.44. The molecule has 1 aliphatic heterocycles. The van der Waals surface area contributed by atoms with Crippen LogP contribution in [0.15, 0.2) is 40.9 Å². The van der Waals surface area contributed by atoms with Gasteiger partial charge in [-0.05, 0) is 51.4 Å². The van der Waals surface area contributed by atoms with Gasteiger partial charge in [0.15, 0.2) is 0 Å². The molecule has 0 unspecified atom stereocenters. The van der Waals surface area contributed by atoms with Crippen molar-refractivity contribution < 1.29 is 9.52 Å². The second-order valence-electron chi connectivity index (χ2n) is 7.69. The molecule has 4 rings (SSSR count). The number of aromatic nitrogens is 3. The Hall–Kier alpha value is -2.44. The second kappa shape index (κ2) is 8.29. The third kappa shape index (κ3) is 4.18. The van der Waals surface area contributed by atoms with E-state index in [1.807, 2.05) is 17.8 Å². The van der Waals surface area contributed by atoms with Gasteiger partial charge in [0, 0.05) is 30.8 Å². The highest BCUT2D eigenvalue weighted by Gasteiger charge is 2.25. The molecule has 28 heavy (non-hydrogen) atoms.